The van der Waals surface area contributed by atoms with Crippen LogP contribution in [0.25, 0.3) is 0 Å². The molecule has 108 valence electrons. The minimum Gasteiger partial charge on any atom is -0.480 e. The summed E-state index contributed by atoms with van der Waals surface area (Å²) in [5.41, 5.74) is 0. The van der Waals surface area contributed by atoms with Crippen molar-refractivity contribution >= 4 is 16.0 Å². The molecule has 0 aliphatic heterocycles. The number of hydrogen-bond donors (Lipinski definition) is 2. The van der Waals surface area contributed by atoms with Crippen LogP contribution in [0.3, 0.4) is 0 Å². The van der Waals surface area contributed by atoms with Crippen LogP contribution in [0.2, 0.25) is 0 Å². The van der Waals surface area contributed by atoms with Gasteiger partial charge in [0, 0.05) is 18.6 Å². The zero-order chi connectivity index (χ0) is 15.5. The number of benzene rings is 1. The molecule has 0 aliphatic rings. The van der Waals surface area contributed by atoms with Crippen molar-refractivity contribution in [3.8, 4) is 12.3 Å². The number of sulfonamides is 1. The van der Waals surface area contributed by atoms with Gasteiger partial charge in [0.05, 0.1) is 0 Å². The van der Waals surface area contributed by atoms with Gasteiger partial charge in [-0.05, 0) is 0 Å². The Hall–Kier alpha value is -2.05. The Morgan fingerprint density at radius 2 is 1.85 bits per heavy atom. The molecule has 9 heteroatoms. The maximum absolute atomic E-state index is 13.4. The summed E-state index contributed by atoms with van der Waals surface area (Å²) in [5, 5.41) is 8.73. The van der Waals surface area contributed by atoms with E-state index >= 15 is 0 Å². The molecule has 1 aromatic carbocycles. The summed E-state index contributed by atoms with van der Waals surface area (Å²) in [4.78, 5) is 9.28. The molecule has 0 aliphatic carbocycles. The number of rotatable bonds is 5. The second kappa shape index (κ2) is 5.94. The molecule has 0 radical (unpaired) electrons. The van der Waals surface area contributed by atoms with E-state index in [0.717, 1.165) is 0 Å². The van der Waals surface area contributed by atoms with Crippen molar-refractivity contribution in [3.63, 3.8) is 0 Å². The quantitative estimate of drug-likeness (QED) is 0.790. The van der Waals surface area contributed by atoms with E-state index in [-0.39, 0.29) is 12.1 Å². The normalized spacial score (nSPS) is 12.7. The van der Waals surface area contributed by atoms with Gasteiger partial charge in [0.2, 0.25) is 10.0 Å². The van der Waals surface area contributed by atoms with Crippen LogP contribution >= 0.6 is 0 Å². The molecule has 1 atom stereocenters. The Morgan fingerprint density at radius 1 is 1.35 bits per heavy atom. The highest BCUT2D eigenvalue weighted by atomic mass is 32.2. The molecule has 2 N–H and O–H groups in total. The molecule has 0 fully saturated rings. The summed E-state index contributed by atoms with van der Waals surface area (Å²) in [6.45, 7) is 0. The summed E-state index contributed by atoms with van der Waals surface area (Å²) in [7, 11) is -4.85. The van der Waals surface area contributed by atoms with Crippen molar-refractivity contribution in [1.82, 2.24) is 4.72 Å². The van der Waals surface area contributed by atoms with Gasteiger partial charge < -0.3 is 5.11 Å². The zero-order valence-electron chi connectivity index (χ0n) is 9.73. The van der Waals surface area contributed by atoms with Crippen LogP contribution in [-0.4, -0.2) is 25.5 Å². The van der Waals surface area contributed by atoms with Crippen molar-refractivity contribution < 1.29 is 31.5 Å². The molecular formula is C11H8F3NO4S. The Kier molecular flexibility index (Phi) is 4.75. The van der Waals surface area contributed by atoms with Crippen molar-refractivity contribution in [3.05, 3.63) is 29.6 Å². The third-order valence-corrected chi connectivity index (χ3v) is 3.67. The maximum Gasteiger partial charge on any atom is 0.322 e. The Labute approximate surface area is 112 Å². The van der Waals surface area contributed by atoms with Gasteiger partial charge in [0.15, 0.2) is 4.90 Å². The fraction of sp³-hybridized carbons (Fsp3) is 0.182. The van der Waals surface area contributed by atoms with Crippen LogP contribution in [0.15, 0.2) is 17.0 Å². The topological polar surface area (TPSA) is 83.5 Å². The molecule has 5 nitrogen and oxygen atoms in total. The number of carbonyl (C=O) groups is 1. The Bertz CT molecular complexity index is 658. The molecule has 1 aromatic rings. The van der Waals surface area contributed by atoms with E-state index < -0.39 is 50.8 Å². The van der Waals surface area contributed by atoms with Gasteiger partial charge in [0.25, 0.3) is 0 Å². The smallest absolute Gasteiger partial charge is 0.322 e. The molecule has 0 bridgehead atoms. The second-order valence-electron chi connectivity index (χ2n) is 3.62. The van der Waals surface area contributed by atoms with Crippen LogP contribution in [-0.2, 0) is 14.8 Å². The van der Waals surface area contributed by atoms with E-state index in [1.54, 1.807) is 0 Å². The molecule has 0 spiro atoms. The average Bonchev–Trinajstić information content (AvgIpc) is 2.25. The lowest BCUT2D eigenvalue weighted by Crippen LogP contribution is -2.41. The molecule has 0 heterocycles. The van der Waals surface area contributed by atoms with Crippen LogP contribution in [0, 0.1) is 29.8 Å². The maximum atomic E-state index is 13.4. The van der Waals surface area contributed by atoms with Crippen LogP contribution < -0.4 is 4.72 Å². The fourth-order valence-corrected chi connectivity index (χ4v) is 2.64. The minimum atomic E-state index is -4.85. The van der Waals surface area contributed by atoms with E-state index in [0.29, 0.717) is 0 Å². The summed E-state index contributed by atoms with van der Waals surface area (Å²) < 4.78 is 64.4. The predicted molar refractivity (Wildman–Crippen MR) is 61.5 cm³/mol. The summed E-state index contributed by atoms with van der Waals surface area (Å²) in [5.74, 6) is -4.38. The van der Waals surface area contributed by atoms with Crippen LogP contribution in [0.4, 0.5) is 13.2 Å². The summed E-state index contributed by atoms with van der Waals surface area (Å²) in [6.07, 6.45) is 4.33. The van der Waals surface area contributed by atoms with Gasteiger partial charge in [-0.3, -0.25) is 4.79 Å². The molecule has 0 aromatic heterocycles. The molecule has 20 heavy (non-hydrogen) atoms. The van der Waals surface area contributed by atoms with Crippen molar-refractivity contribution in [2.24, 2.45) is 0 Å². The minimum absolute atomic E-state index is 0.161. The number of nitrogens with one attached hydrogen (secondary N) is 1. The summed E-state index contributed by atoms with van der Waals surface area (Å²) in [6, 6.07) is -1.43. The molecular weight excluding hydrogens is 299 g/mol. The highest BCUT2D eigenvalue weighted by molar-refractivity contribution is 7.89. The molecule has 1 unspecified atom stereocenters. The lowest BCUT2D eigenvalue weighted by Gasteiger charge is -2.13. The number of terminal acetylenes is 1. The number of carboxylic acids is 1. The van der Waals surface area contributed by atoms with Gasteiger partial charge >= 0.3 is 5.97 Å². The van der Waals surface area contributed by atoms with Gasteiger partial charge in [-0.1, -0.05) is 0 Å². The Balaban J connectivity index is 3.25. The van der Waals surface area contributed by atoms with Gasteiger partial charge in [0.1, 0.15) is 23.5 Å². The molecule has 0 saturated carbocycles. The molecule has 1 rings (SSSR count). The standard InChI is InChI=1S/C11H8F3NO4S/c1-2-3-9(11(16)17)15-20(18,19)10-7(13)4-6(12)5-8(10)14/h1,4-5,9,15H,3H2,(H,16,17). The highest BCUT2D eigenvalue weighted by Crippen LogP contribution is 2.20. The first-order chi connectivity index (χ1) is 9.19. The number of aliphatic carboxylic acids is 1. The number of carboxylic acid groups (broad SMARTS) is 1. The first-order valence-electron chi connectivity index (χ1n) is 5.02. The highest BCUT2D eigenvalue weighted by Gasteiger charge is 2.30. The van der Waals surface area contributed by atoms with Gasteiger partial charge in [-0.25, -0.2) is 21.6 Å². The van der Waals surface area contributed by atoms with Gasteiger partial charge in [-0.2, -0.15) is 4.72 Å². The van der Waals surface area contributed by atoms with E-state index in [1.807, 2.05) is 5.92 Å². The predicted octanol–water partition coefficient (Wildman–Crippen LogP) is 0.859. The van der Waals surface area contributed by atoms with Crippen molar-refractivity contribution in [2.75, 3.05) is 0 Å². The van der Waals surface area contributed by atoms with Crippen molar-refractivity contribution in [1.29, 1.82) is 0 Å². The first kappa shape index (κ1) is 16.0. The van der Waals surface area contributed by atoms with E-state index in [9.17, 15) is 26.4 Å². The van der Waals surface area contributed by atoms with Crippen molar-refractivity contribution in [2.45, 2.75) is 17.4 Å². The third-order valence-electron chi connectivity index (χ3n) is 2.15. The Morgan fingerprint density at radius 3 is 2.25 bits per heavy atom. The van der Waals surface area contributed by atoms with E-state index in [1.165, 1.54) is 4.72 Å². The SMILES string of the molecule is C#CCC(NS(=O)(=O)c1c(F)cc(F)cc1F)C(=O)O. The lowest BCUT2D eigenvalue weighted by molar-refractivity contribution is -0.138. The molecule has 0 saturated heterocycles. The number of hydrogen-bond acceptors (Lipinski definition) is 3. The fourth-order valence-electron chi connectivity index (χ4n) is 1.33. The van der Waals surface area contributed by atoms with Crippen LogP contribution in [0.5, 0.6) is 0 Å². The van der Waals surface area contributed by atoms with E-state index in [2.05, 4.69) is 0 Å². The lowest BCUT2D eigenvalue weighted by atomic mass is 10.2. The largest absolute Gasteiger partial charge is 0.480 e. The average molecular weight is 307 g/mol. The summed E-state index contributed by atoms with van der Waals surface area (Å²) >= 11 is 0. The first-order valence-corrected chi connectivity index (χ1v) is 6.50. The monoisotopic (exact) mass is 307 g/mol. The molecule has 0 amide bonds. The van der Waals surface area contributed by atoms with E-state index in [4.69, 9.17) is 11.5 Å². The third kappa shape index (κ3) is 3.49. The second-order valence-corrected chi connectivity index (χ2v) is 5.27. The van der Waals surface area contributed by atoms with Gasteiger partial charge in [-0.15, -0.1) is 12.3 Å². The zero-order valence-corrected chi connectivity index (χ0v) is 10.5. The number of halogens is 3. The van der Waals surface area contributed by atoms with Crippen LogP contribution in [0.1, 0.15) is 6.42 Å².